The molecule has 1 fully saturated rings. The normalized spacial score (nSPS) is 17.0. The molecular formula is C11H17N4O+. The van der Waals surface area contributed by atoms with Gasteiger partial charge in [-0.05, 0) is 19.3 Å². The number of carbonyl (C=O) groups is 1. The lowest BCUT2D eigenvalue weighted by molar-refractivity contribution is -0.906. The number of likely N-dealkylation sites (tertiary alicyclic amines) is 1. The van der Waals surface area contributed by atoms with Gasteiger partial charge in [-0.3, -0.25) is 9.78 Å². The summed E-state index contributed by atoms with van der Waals surface area (Å²) in [6, 6.07) is 0. The minimum Gasteiger partial charge on any atom is -0.318 e. The number of amides is 1. The van der Waals surface area contributed by atoms with Crippen molar-refractivity contribution in [1.29, 1.82) is 0 Å². The number of nitrogens with zero attached hydrogens (tertiary/aromatic N) is 2. The molecule has 5 nitrogen and oxygen atoms in total. The zero-order valence-corrected chi connectivity index (χ0v) is 9.28. The first-order valence-electron chi connectivity index (χ1n) is 5.74. The number of hydrogen-bond acceptors (Lipinski definition) is 3. The first-order chi connectivity index (χ1) is 7.86. The Bertz CT molecular complexity index is 335. The van der Waals surface area contributed by atoms with Crippen LogP contribution in [-0.4, -0.2) is 35.6 Å². The Hall–Kier alpha value is -1.49. The van der Waals surface area contributed by atoms with Crippen molar-refractivity contribution in [2.75, 3.05) is 19.8 Å². The molecular weight excluding hydrogens is 204 g/mol. The van der Waals surface area contributed by atoms with Gasteiger partial charge in [-0.1, -0.05) is 0 Å². The Morgan fingerprint density at radius 3 is 2.81 bits per heavy atom. The Labute approximate surface area is 94.9 Å². The number of aromatic nitrogens is 2. The summed E-state index contributed by atoms with van der Waals surface area (Å²) in [5.41, 5.74) is 0.388. The third-order valence-electron chi connectivity index (χ3n) is 2.86. The zero-order chi connectivity index (χ0) is 11.2. The summed E-state index contributed by atoms with van der Waals surface area (Å²) in [5, 5.41) is 2.89. The summed E-state index contributed by atoms with van der Waals surface area (Å²) >= 11 is 0. The Morgan fingerprint density at radius 1 is 1.31 bits per heavy atom. The fourth-order valence-electron chi connectivity index (χ4n) is 1.94. The number of quaternary nitrogens is 1. The minimum atomic E-state index is -0.133. The molecule has 0 unspecified atom stereocenters. The molecule has 0 aromatic carbocycles. The average molecular weight is 221 g/mol. The molecule has 1 aromatic rings. The van der Waals surface area contributed by atoms with E-state index in [1.54, 1.807) is 6.20 Å². The maximum absolute atomic E-state index is 11.7. The second kappa shape index (κ2) is 5.55. The van der Waals surface area contributed by atoms with Crippen molar-refractivity contribution < 1.29 is 9.69 Å². The lowest BCUT2D eigenvalue weighted by atomic mass is 10.1. The highest BCUT2D eigenvalue weighted by molar-refractivity contribution is 5.91. The van der Waals surface area contributed by atoms with E-state index in [1.165, 1.54) is 36.6 Å². The van der Waals surface area contributed by atoms with Crippen molar-refractivity contribution >= 4 is 5.91 Å². The summed E-state index contributed by atoms with van der Waals surface area (Å²) < 4.78 is 0. The van der Waals surface area contributed by atoms with Gasteiger partial charge in [-0.15, -0.1) is 0 Å². The molecule has 16 heavy (non-hydrogen) atoms. The Morgan fingerprint density at radius 2 is 2.12 bits per heavy atom. The van der Waals surface area contributed by atoms with Crippen molar-refractivity contribution in [2.24, 2.45) is 0 Å². The maximum atomic E-state index is 11.7. The van der Waals surface area contributed by atoms with Crippen LogP contribution < -0.4 is 10.2 Å². The first kappa shape index (κ1) is 11.0. The van der Waals surface area contributed by atoms with Crippen LogP contribution in [-0.2, 0) is 0 Å². The van der Waals surface area contributed by atoms with E-state index in [4.69, 9.17) is 0 Å². The third-order valence-corrected chi connectivity index (χ3v) is 2.86. The molecule has 0 spiro atoms. The quantitative estimate of drug-likeness (QED) is 0.705. The van der Waals surface area contributed by atoms with Gasteiger partial charge < -0.3 is 10.2 Å². The van der Waals surface area contributed by atoms with Gasteiger partial charge in [0.05, 0.1) is 19.3 Å². The summed E-state index contributed by atoms with van der Waals surface area (Å²) in [6.45, 7) is 3.00. The van der Waals surface area contributed by atoms with E-state index in [0.29, 0.717) is 12.4 Å². The molecule has 1 aliphatic heterocycles. The molecule has 1 aliphatic rings. The topological polar surface area (TPSA) is 59.3 Å². The largest absolute Gasteiger partial charge is 0.318 e. The molecule has 1 aromatic heterocycles. The molecule has 2 N–H and O–H groups in total. The van der Waals surface area contributed by atoms with Gasteiger partial charge >= 0.3 is 0 Å². The smallest absolute Gasteiger partial charge is 0.275 e. The second-order valence-corrected chi connectivity index (χ2v) is 4.08. The van der Waals surface area contributed by atoms with Gasteiger partial charge in [0.2, 0.25) is 0 Å². The zero-order valence-electron chi connectivity index (χ0n) is 9.28. The van der Waals surface area contributed by atoms with Gasteiger partial charge in [0.25, 0.3) is 5.91 Å². The minimum absolute atomic E-state index is 0.133. The van der Waals surface area contributed by atoms with E-state index in [2.05, 4.69) is 15.3 Å². The highest BCUT2D eigenvalue weighted by Crippen LogP contribution is 1.94. The van der Waals surface area contributed by atoms with Crippen LogP contribution >= 0.6 is 0 Å². The highest BCUT2D eigenvalue weighted by Gasteiger charge is 2.15. The summed E-state index contributed by atoms with van der Waals surface area (Å²) in [7, 11) is 0. The van der Waals surface area contributed by atoms with Crippen molar-refractivity contribution in [3.05, 3.63) is 24.3 Å². The average Bonchev–Trinajstić information content (AvgIpc) is 2.38. The van der Waals surface area contributed by atoms with Gasteiger partial charge in [0.1, 0.15) is 5.69 Å². The predicted octanol–water partition coefficient (Wildman–Crippen LogP) is -0.767. The predicted molar refractivity (Wildman–Crippen MR) is 58.9 cm³/mol. The van der Waals surface area contributed by atoms with E-state index in [1.807, 2.05) is 0 Å². The van der Waals surface area contributed by atoms with Crippen molar-refractivity contribution in [2.45, 2.75) is 19.3 Å². The number of hydrogen-bond donors (Lipinski definition) is 2. The number of carbonyl (C=O) groups excluding carboxylic acids is 1. The van der Waals surface area contributed by atoms with Crippen LogP contribution in [0.15, 0.2) is 18.6 Å². The Balaban J connectivity index is 1.79. The summed E-state index contributed by atoms with van der Waals surface area (Å²) in [5.74, 6) is -0.133. The SMILES string of the molecule is O=C(NC[NH+]1CCCCC1)c1cnccn1. The molecule has 0 saturated carbocycles. The third kappa shape index (κ3) is 3.00. The van der Waals surface area contributed by atoms with E-state index in [0.717, 1.165) is 13.1 Å². The summed E-state index contributed by atoms with van der Waals surface area (Å²) in [6.07, 6.45) is 8.42. The van der Waals surface area contributed by atoms with Crippen molar-refractivity contribution in [3.8, 4) is 0 Å². The van der Waals surface area contributed by atoms with Crippen molar-refractivity contribution in [3.63, 3.8) is 0 Å². The molecule has 0 bridgehead atoms. The fourth-order valence-corrected chi connectivity index (χ4v) is 1.94. The van der Waals surface area contributed by atoms with Crippen LogP contribution in [0.5, 0.6) is 0 Å². The van der Waals surface area contributed by atoms with Crippen LogP contribution in [0.1, 0.15) is 29.8 Å². The molecule has 2 rings (SSSR count). The summed E-state index contributed by atoms with van der Waals surface area (Å²) in [4.78, 5) is 20.9. The molecule has 1 amide bonds. The van der Waals surface area contributed by atoms with E-state index >= 15 is 0 Å². The van der Waals surface area contributed by atoms with Crippen LogP contribution in [0.2, 0.25) is 0 Å². The number of piperidine rings is 1. The molecule has 0 aliphatic carbocycles. The van der Waals surface area contributed by atoms with Crippen LogP contribution in [0.4, 0.5) is 0 Å². The van der Waals surface area contributed by atoms with Gasteiger partial charge in [0.15, 0.2) is 6.67 Å². The first-order valence-corrected chi connectivity index (χ1v) is 5.74. The van der Waals surface area contributed by atoms with Crippen LogP contribution in [0.25, 0.3) is 0 Å². The lowest BCUT2D eigenvalue weighted by Crippen LogP contribution is -3.14. The monoisotopic (exact) mass is 221 g/mol. The van der Waals surface area contributed by atoms with Crippen LogP contribution in [0, 0.1) is 0 Å². The molecule has 2 heterocycles. The standard InChI is InChI=1S/C11H16N4O/c16-11(10-8-12-4-5-13-10)14-9-15-6-2-1-3-7-15/h4-5,8H,1-3,6-7,9H2,(H,14,16)/p+1. The molecule has 86 valence electrons. The number of rotatable bonds is 3. The fraction of sp³-hybridized carbons (Fsp3) is 0.545. The molecule has 0 atom stereocenters. The van der Waals surface area contributed by atoms with E-state index in [9.17, 15) is 4.79 Å². The van der Waals surface area contributed by atoms with Crippen LogP contribution in [0.3, 0.4) is 0 Å². The maximum Gasteiger partial charge on any atom is 0.275 e. The highest BCUT2D eigenvalue weighted by atomic mass is 16.2. The lowest BCUT2D eigenvalue weighted by Gasteiger charge is -2.23. The molecule has 0 radical (unpaired) electrons. The second-order valence-electron chi connectivity index (χ2n) is 4.08. The van der Waals surface area contributed by atoms with Gasteiger partial charge in [0, 0.05) is 12.4 Å². The van der Waals surface area contributed by atoms with E-state index < -0.39 is 0 Å². The number of nitrogens with one attached hydrogen (secondary N) is 2. The molecule has 1 saturated heterocycles. The van der Waals surface area contributed by atoms with Gasteiger partial charge in [-0.25, -0.2) is 4.98 Å². The van der Waals surface area contributed by atoms with Gasteiger partial charge in [-0.2, -0.15) is 0 Å². The molecule has 5 heteroatoms. The van der Waals surface area contributed by atoms with Crippen molar-refractivity contribution in [1.82, 2.24) is 15.3 Å². The van der Waals surface area contributed by atoms with E-state index in [-0.39, 0.29) is 5.91 Å². The Kier molecular flexibility index (Phi) is 3.82.